The number of nitrogens with one attached hydrogen (secondary N) is 1. The van der Waals surface area contributed by atoms with Gasteiger partial charge in [0, 0.05) is 6.54 Å². The molecule has 0 saturated heterocycles. The van der Waals surface area contributed by atoms with Gasteiger partial charge in [-0.1, -0.05) is 19.1 Å². The molecule has 4 heteroatoms. The van der Waals surface area contributed by atoms with Crippen molar-refractivity contribution in [1.82, 2.24) is 5.32 Å². The molecule has 0 amide bonds. The molecule has 1 N–H and O–H groups in total. The van der Waals surface area contributed by atoms with Gasteiger partial charge in [0.25, 0.3) is 0 Å². The lowest BCUT2D eigenvalue weighted by Gasteiger charge is -2.14. The van der Waals surface area contributed by atoms with Crippen LogP contribution >= 0.6 is 0 Å². The fourth-order valence-electron chi connectivity index (χ4n) is 1.69. The molecule has 0 aromatic heterocycles. The quantitative estimate of drug-likeness (QED) is 0.877. The molecule has 0 aliphatic carbocycles. The second-order valence-corrected chi connectivity index (χ2v) is 7.13. The van der Waals surface area contributed by atoms with Gasteiger partial charge in [-0.25, -0.2) is 8.42 Å². The van der Waals surface area contributed by atoms with E-state index >= 15 is 0 Å². The van der Waals surface area contributed by atoms with Crippen molar-refractivity contribution in [3.05, 3.63) is 29.8 Å². The summed E-state index contributed by atoms with van der Waals surface area (Å²) in [5.41, 5.74) is 1.06. The molecule has 0 radical (unpaired) electrons. The number of sulfone groups is 1. The first-order chi connectivity index (χ1) is 7.89. The highest BCUT2D eigenvalue weighted by molar-refractivity contribution is 7.92. The fraction of sp³-hybridized carbons (Fsp3) is 0.538. The van der Waals surface area contributed by atoms with Gasteiger partial charge in [0.05, 0.1) is 10.1 Å². The normalized spacial score (nSPS) is 13.9. The van der Waals surface area contributed by atoms with E-state index < -0.39 is 9.84 Å². The monoisotopic (exact) mass is 255 g/mol. The van der Waals surface area contributed by atoms with Crippen LogP contribution in [-0.2, 0) is 9.84 Å². The van der Waals surface area contributed by atoms with Crippen LogP contribution in [0.4, 0.5) is 0 Å². The van der Waals surface area contributed by atoms with Gasteiger partial charge in [-0.2, -0.15) is 0 Å². The van der Waals surface area contributed by atoms with E-state index in [4.69, 9.17) is 0 Å². The Bertz CT molecular complexity index is 466. The third-order valence-corrected chi connectivity index (χ3v) is 5.04. The Morgan fingerprint density at radius 1 is 1.24 bits per heavy atom. The minimum Gasteiger partial charge on any atom is -0.319 e. The van der Waals surface area contributed by atoms with Crippen LogP contribution < -0.4 is 5.32 Å². The van der Waals surface area contributed by atoms with Gasteiger partial charge in [0.15, 0.2) is 9.84 Å². The van der Waals surface area contributed by atoms with Crippen molar-refractivity contribution in [2.45, 2.75) is 36.8 Å². The Kier molecular flexibility index (Phi) is 4.71. The van der Waals surface area contributed by atoms with Gasteiger partial charge in [-0.15, -0.1) is 0 Å². The molecule has 0 aliphatic rings. The van der Waals surface area contributed by atoms with E-state index in [1.165, 1.54) is 0 Å². The lowest BCUT2D eigenvalue weighted by atomic mass is 10.0. The summed E-state index contributed by atoms with van der Waals surface area (Å²) in [7, 11) is -1.27. The third-order valence-electron chi connectivity index (χ3n) is 2.89. The van der Waals surface area contributed by atoms with E-state index in [-0.39, 0.29) is 5.25 Å². The molecule has 1 atom stereocenters. The summed E-state index contributed by atoms with van der Waals surface area (Å²) in [6.07, 6.45) is 0. The Hall–Kier alpha value is -0.870. The highest BCUT2D eigenvalue weighted by atomic mass is 32.2. The Morgan fingerprint density at radius 2 is 1.88 bits per heavy atom. The van der Waals surface area contributed by atoms with Gasteiger partial charge in [-0.05, 0) is 44.5 Å². The number of likely N-dealkylation sites (N-methyl/N-ethyl adjacent to an activating group) is 1. The first-order valence-electron chi connectivity index (χ1n) is 5.88. The molecule has 1 rings (SSSR count). The number of benzene rings is 1. The van der Waals surface area contributed by atoms with E-state index in [1.807, 2.05) is 19.2 Å². The van der Waals surface area contributed by atoms with Crippen LogP contribution in [0, 0.1) is 0 Å². The zero-order chi connectivity index (χ0) is 13.1. The highest BCUT2D eigenvalue weighted by Gasteiger charge is 2.19. The summed E-state index contributed by atoms with van der Waals surface area (Å²) in [6, 6.07) is 7.25. The average Bonchev–Trinajstić information content (AvgIpc) is 2.29. The Morgan fingerprint density at radius 3 is 2.41 bits per heavy atom. The molecule has 0 aliphatic heterocycles. The van der Waals surface area contributed by atoms with E-state index in [1.54, 1.807) is 26.0 Å². The standard InChI is InChI=1S/C13H21NO2S/c1-10(2)17(15,16)13-7-5-6-12(8-13)11(3)9-14-4/h5-8,10-11,14H,9H2,1-4H3. The number of hydrogen-bond acceptors (Lipinski definition) is 3. The molecule has 0 saturated carbocycles. The van der Waals surface area contributed by atoms with Crippen LogP contribution in [0.5, 0.6) is 0 Å². The molecule has 1 aromatic rings. The van der Waals surface area contributed by atoms with Crippen molar-refractivity contribution in [2.75, 3.05) is 13.6 Å². The van der Waals surface area contributed by atoms with Crippen molar-refractivity contribution in [3.8, 4) is 0 Å². The lowest BCUT2D eigenvalue weighted by Crippen LogP contribution is -2.17. The van der Waals surface area contributed by atoms with E-state index in [9.17, 15) is 8.42 Å². The summed E-state index contributed by atoms with van der Waals surface area (Å²) >= 11 is 0. The van der Waals surface area contributed by atoms with Crippen molar-refractivity contribution >= 4 is 9.84 Å². The molecule has 96 valence electrons. The maximum atomic E-state index is 12.0. The maximum absolute atomic E-state index is 12.0. The summed E-state index contributed by atoms with van der Waals surface area (Å²) in [5, 5.41) is 2.72. The molecular formula is C13H21NO2S. The minimum absolute atomic E-state index is 0.308. The van der Waals surface area contributed by atoms with Gasteiger partial charge < -0.3 is 5.32 Å². The maximum Gasteiger partial charge on any atom is 0.180 e. The summed E-state index contributed by atoms with van der Waals surface area (Å²) in [6.45, 7) is 6.33. The summed E-state index contributed by atoms with van der Waals surface area (Å²) in [5.74, 6) is 0.308. The van der Waals surface area contributed by atoms with Crippen molar-refractivity contribution < 1.29 is 8.42 Å². The summed E-state index contributed by atoms with van der Waals surface area (Å²) < 4.78 is 24.1. The third kappa shape index (κ3) is 3.30. The smallest absolute Gasteiger partial charge is 0.180 e. The van der Waals surface area contributed by atoms with Crippen LogP contribution in [0.2, 0.25) is 0 Å². The Labute approximate surface area is 104 Å². The lowest BCUT2D eigenvalue weighted by molar-refractivity contribution is 0.587. The van der Waals surface area contributed by atoms with E-state index in [2.05, 4.69) is 12.2 Å². The summed E-state index contributed by atoms with van der Waals surface area (Å²) in [4.78, 5) is 0.424. The zero-order valence-corrected chi connectivity index (χ0v) is 11.7. The van der Waals surface area contributed by atoms with Crippen LogP contribution in [0.25, 0.3) is 0 Å². The van der Waals surface area contributed by atoms with Crippen molar-refractivity contribution in [1.29, 1.82) is 0 Å². The highest BCUT2D eigenvalue weighted by Crippen LogP contribution is 2.21. The van der Waals surface area contributed by atoms with E-state index in [0.717, 1.165) is 12.1 Å². The van der Waals surface area contributed by atoms with Gasteiger partial charge >= 0.3 is 0 Å². The van der Waals surface area contributed by atoms with E-state index in [0.29, 0.717) is 10.8 Å². The molecule has 0 spiro atoms. The molecule has 0 bridgehead atoms. The Balaban J connectivity index is 3.10. The largest absolute Gasteiger partial charge is 0.319 e. The van der Waals surface area contributed by atoms with Crippen molar-refractivity contribution in [2.24, 2.45) is 0 Å². The van der Waals surface area contributed by atoms with Crippen LogP contribution in [0.3, 0.4) is 0 Å². The predicted molar refractivity (Wildman–Crippen MR) is 71.1 cm³/mol. The van der Waals surface area contributed by atoms with Crippen LogP contribution in [0.1, 0.15) is 32.3 Å². The second-order valence-electron chi connectivity index (χ2n) is 4.62. The minimum atomic E-state index is -3.17. The first-order valence-corrected chi connectivity index (χ1v) is 7.42. The van der Waals surface area contributed by atoms with Crippen LogP contribution in [-0.4, -0.2) is 27.3 Å². The number of hydrogen-bond donors (Lipinski definition) is 1. The molecule has 1 aromatic carbocycles. The van der Waals surface area contributed by atoms with Crippen LogP contribution in [0.15, 0.2) is 29.2 Å². The predicted octanol–water partition coefficient (Wildman–Crippen LogP) is 2.19. The molecular weight excluding hydrogens is 234 g/mol. The fourth-order valence-corrected chi connectivity index (χ4v) is 2.81. The van der Waals surface area contributed by atoms with Gasteiger partial charge in [-0.3, -0.25) is 0 Å². The second kappa shape index (κ2) is 5.65. The van der Waals surface area contributed by atoms with Crippen molar-refractivity contribution in [3.63, 3.8) is 0 Å². The number of rotatable bonds is 5. The zero-order valence-electron chi connectivity index (χ0n) is 10.9. The first kappa shape index (κ1) is 14.2. The SMILES string of the molecule is CNCC(C)c1cccc(S(=O)(=O)C(C)C)c1. The molecule has 1 unspecified atom stereocenters. The molecule has 17 heavy (non-hydrogen) atoms. The topological polar surface area (TPSA) is 46.2 Å². The van der Waals surface area contributed by atoms with Gasteiger partial charge in [0.1, 0.15) is 0 Å². The molecule has 3 nitrogen and oxygen atoms in total. The molecule has 0 heterocycles. The molecule has 0 fully saturated rings. The van der Waals surface area contributed by atoms with Gasteiger partial charge in [0.2, 0.25) is 0 Å². The average molecular weight is 255 g/mol.